The zero-order valence-corrected chi connectivity index (χ0v) is 13.8. The van der Waals surface area contributed by atoms with Crippen LogP contribution in [0.15, 0.2) is 12.2 Å². The summed E-state index contributed by atoms with van der Waals surface area (Å²) in [6.45, 7) is 11.4. The van der Waals surface area contributed by atoms with Gasteiger partial charge in [0.05, 0.1) is 0 Å². The Labute approximate surface area is 117 Å². The molecule has 2 N–H and O–H groups in total. The molecule has 0 heterocycles. The van der Waals surface area contributed by atoms with Crippen molar-refractivity contribution in [1.82, 2.24) is 0 Å². The number of aliphatic carboxylic acids is 2. The minimum atomic E-state index is -1.26. The zero-order chi connectivity index (χ0) is 13.4. The topological polar surface area (TPSA) is 74.6 Å². The molecule has 0 aromatic rings. The monoisotopic (exact) mass is 294 g/mol. The van der Waals surface area contributed by atoms with Crippen LogP contribution in [0.25, 0.3) is 0 Å². The molecule has 4 nitrogen and oxygen atoms in total. The summed E-state index contributed by atoms with van der Waals surface area (Å²) in [5.74, 6) is -2.51. The quantitative estimate of drug-likeness (QED) is 0.475. The molecule has 96 valence electrons. The van der Waals surface area contributed by atoms with E-state index in [1.165, 1.54) is 12.8 Å². The maximum absolute atomic E-state index is 9.55. The second-order valence-electron chi connectivity index (χ2n) is 2.72. The first-order valence-electron chi connectivity index (χ1n) is 5.18. The number of rotatable bonds is 4. The van der Waals surface area contributed by atoms with Crippen molar-refractivity contribution in [2.75, 3.05) is 0 Å². The van der Waals surface area contributed by atoms with Crippen LogP contribution in [-0.2, 0) is 29.1 Å². The average molecular weight is 296 g/mol. The molecule has 0 spiro atoms. The normalized spacial score (nSPS) is 8.00. The smallest absolute Gasteiger partial charge is 0.478 e. The van der Waals surface area contributed by atoms with Crippen molar-refractivity contribution in [3.05, 3.63) is 26.0 Å². The van der Waals surface area contributed by atoms with E-state index in [0.29, 0.717) is 12.2 Å². The maximum Gasteiger partial charge on any atom is 2.00 e. The van der Waals surface area contributed by atoms with E-state index in [1.807, 2.05) is 0 Å². The van der Waals surface area contributed by atoms with Crippen molar-refractivity contribution in [2.24, 2.45) is 0 Å². The summed E-state index contributed by atoms with van der Waals surface area (Å²) in [7, 11) is 0. The van der Waals surface area contributed by atoms with Crippen LogP contribution in [0, 0.1) is 13.8 Å². The van der Waals surface area contributed by atoms with Gasteiger partial charge in [-0.2, -0.15) is 12.8 Å². The van der Waals surface area contributed by atoms with E-state index in [4.69, 9.17) is 10.2 Å². The second kappa shape index (κ2) is 24.5. The average Bonchev–Trinajstić information content (AvgIpc) is 2.27. The molecule has 0 fully saturated rings. The fraction of sp³-hybridized carbons (Fsp3) is 0.500. The van der Waals surface area contributed by atoms with Crippen LogP contribution >= 0.6 is 0 Å². The molecular weight excluding hydrogens is 274 g/mol. The molecule has 0 saturated heterocycles. The van der Waals surface area contributed by atoms with Crippen LogP contribution in [0.2, 0.25) is 0 Å². The van der Waals surface area contributed by atoms with Crippen LogP contribution in [0.3, 0.4) is 0 Å². The van der Waals surface area contributed by atoms with Gasteiger partial charge in [0.15, 0.2) is 0 Å². The van der Waals surface area contributed by atoms with Gasteiger partial charge in [0.25, 0.3) is 0 Å². The summed E-state index contributed by atoms with van der Waals surface area (Å²) < 4.78 is 0. The Morgan fingerprint density at radius 2 is 1.12 bits per heavy atom. The van der Waals surface area contributed by atoms with Crippen molar-refractivity contribution in [3.63, 3.8) is 0 Å². The second-order valence-corrected chi connectivity index (χ2v) is 2.72. The molecule has 0 bridgehead atoms. The van der Waals surface area contributed by atoms with Crippen molar-refractivity contribution < 1.29 is 39.3 Å². The SMILES string of the molecule is O=C(O)C=CC(=O)O.[CH2-]CCC.[CH2-]CCC.[Zn+2]. The van der Waals surface area contributed by atoms with E-state index in [-0.39, 0.29) is 19.5 Å². The van der Waals surface area contributed by atoms with Crippen LogP contribution in [0.1, 0.15) is 39.5 Å². The van der Waals surface area contributed by atoms with Gasteiger partial charge in [-0.3, -0.25) is 0 Å². The van der Waals surface area contributed by atoms with E-state index in [0.717, 1.165) is 12.8 Å². The molecule has 0 aromatic heterocycles. The molecule has 0 rings (SSSR count). The van der Waals surface area contributed by atoms with Crippen LogP contribution in [-0.4, -0.2) is 22.2 Å². The molecule has 5 heteroatoms. The van der Waals surface area contributed by atoms with Gasteiger partial charge < -0.3 is 24.1 Å². The fourth-order valence-corrected chi connectivity index (χ4v) is 0.143. The van der Waals surface area contributed by atoms with Gasteiger partial charge in [0.1, 0.15) is 0 Å². The summed E-state index contributed by atoms with van der Waals surface area (Å²) in [5.41, 5.74) is 0. The van der Waals surface area contributed by atoms with Crippen LogP contribution < -0.4 is 0 Å². The molecule has 0 unspecified atom stereocenters. The van der Waals surface area contributed by atoms with Gasteiger partial charge in [-0.25, -0.2) is 9.59 Å². The maximum atomic E-state index is 9.55. The number of hydrogen-bond donors (Lipinski definition) is 2. The molecular formula is C12H22O4Zn. The Kier molecular flexibility index (Phi) is 36.4. The molecule has 0 aliphatic rings. The zero-order valence-electron chi connectivity index (χ0n) is 10.8. The Hall–Kier alpha value is -0.697. The third kappa shape index (κ3) is 68.2. The Morgan fingerprint density at radius 1 is 0.941 bits per heavy atom. The number of unbranched alkanes of at least 4 members (excludes halogenated alkanes) is 2. The number of carboxylic acids is 2. The van der Waals surface area contributed by atoms with Crippen LogP contribution in [0.5, 0.6) is 0 Å². The Balaban J connectivity index is -0.0000000806. The molecule has 0 saturated carbocycles. The number of carbonyl (C=O) groups is 2. The summed E-state index contributed by atoms with van der Waals surface area (Å²) in [6, 6.07) is 0. The molecule has 17 heavy (non-hydrogen) atoms. The van der Waals surface area contributed by atoms with Crippen molar-refractivity contribution in [2.45, 2.75) is 39.5 Å². The predicted molar refractivity (Wildman–Crippen MR) is 64.9 cm³/mol. The standard InChI is InChI=1S/C4H4O4.2C4H9.Zn/c5-3(6)1-2-4(7)8;2*1-3-4-2;/h1-2H,(H,5,6)(H,7,8);2*1,3-4H2,2H3;/q;2*-1;+2. The number of carboxylic acid groups (broad SMARTS) is 2. The minimum Gasteiger partial charge on any atom is -0.478 e. The first-order chi connectivity index (χ1) is 7.45. The number of hydrogen-bond acceptors (Lipinski definition) is 2. The minimum absolute atomic E-state index is 0. The largest absolute Gasteiger partial charge is 2.00 e. The van der Waals surface area contributed by atoms with Gasteiger partial charge in [0.2, 0.25) is 0 Å². The van der Waals surface area contributed by atoms with Gasteiger partial charge in [0, 0.05) is 12.2 Å². The third-order valence-electron chi connectivity index (χ3n) is 1.08. The fourth-order valence-electron chi connectivity index (χ4n) is 0.143. The molecule has 0 atom stereocenters. The first-order valence-corrected chi connectivity index (χ1v) is 5.18. The summed E-state index contributed by atoms with van der Waals surface area (Å²) >= 11 is 0. The van der Waals surface area contributed by atoms with Gasteiger partial charge in [-0.05, 0) is 0 Å². The van der Waals surface area contributed by atoms with Crippen molar-refractivity contribution in [1.29, 1.82) is 0 Å². The van der Waals surface area contributed by atoms with E-state index in [1.54, 1.807) is 0 Å². The van der Waals surface area contributed by atoms with Crippen LogP contribution in [0.4, 0.5) is 0 Å². The summed E-state index contributed by atoms with van der Waals surface area (Å²) in [5, 5.41) is 15.6. The van der Waals surface area contributed by atoms with E-state index in [2.05, 4.69) is 27.7 Å². The van der Waals surface area contributed by atoms with E-state index >= 15 is 0 Å². The van der Waals surface area contributed by atoms with Gasteiger partial charge >= 0.3 is 31.4 Å². The first kappa shape index (κ1) is 25.2. The Bertz CT molecular complexity index is 167. The van der Waals surface area contributed by atoms with E-state index in [9.17, 15) is 9.59 Å². The van der Waals surface area contributed by atoms with Crippen molar-refractivity contribution in [3.8, 4) is 0 Å². The molecule has 0 aliphatic carbocycles. The predicted octanol–water partition coefficient (Wildman–Crippen LogP) is 2.95. The summed E-state index contributed by atoms with van der Waals surface area (Å²) in [4.78, 5) is 19.1. The van der Waals surface area contributed by atoms with Crippen molar-refractivity contribution >= 4 is 11.9 Å². The third-order valence-corrected chi connectivity index (χ3v) is 1.08. The van der Waals surface area contributed by atoms with Gasteiger partial charge in [-0.15, -0.1) is 0 Å². The molecule has 0 amide bonds. The van der Waals surface area contributed by atoms with Gasteiger partial charge in [-0.1, -0.05) is 26.7 Å². The Morgan fingerprint density at radius 3 is 1.18 bits per heavy atom. The van der Waals surface area contributed by atoms with E-state index < -0.39 is 11.9 Å². The molecule has 0 aliphatic heterocycles. The molecule has 0 aromatic carbocycles. The summed E-state index contributed by atoms with van der Waals surface area (Å²) in [6.07, 6.45) is 5.67. The molecule has 0 radical (unpaired) electrons.